The first kappa shape index (κ1) is 15.9. The lowest BCUT2D eigenvalue weighted by Gasteiger charge is -2.07. The van der Waals surface area contributed by atoms with Crippen molar-refractivity contribution in [3.8, 4) is 22.6 Å². The molecule has 5 heteroatoms. The van der Waals surface area contributed by atoms with E-state index in [0.29, 0.717) is 17.0 Å². The molecule has 0 aliphatic heterocycles. The van der Waals surface area contributed by atoms with Crippen LogP contribution in [-0.4, -0.2) is 10.1 Å². The number of nitro groups is 1. The predicted octanol–water partition coefficient (Wildman–Crippen LogP) is 5.15. The van der Waals surface area contributed by atoms with Gasteiger partial charge in [0.1, 0.15) is 11.3 Å². The minimum Gasteiger partial charge on any atom is -0.355 e. The van der Waals surface area contributed by atoms with Gasteiger partial charge >= 0.3 is 0 Å². The second-order valence-electron chi connectivity index (χ2n) is 6.08. The summed E-state index contributed by atoms with van der Waals surface area (Å²) in [4.78, 5) is 10.9. The summed E-state index contributed by atoms with van der Waals surface area (Å²) in [6.07, 6.45) is 0. The molecule has 0 fully saturated rings. The monoisotopic (exact) mass is 322 g/mol. The fraction of sp³-hybridized carbons (Fsp3) is 0.211. The van der Waals surface area contributed by atoms with Gasteiger partial charge in [0, 0.05) is 17.7 Å². The molecule has 0 atom stereocenters. The second kappa shape index (κ2) is 5.92. The number of hydrogen-bond acceptors (Lipinski definition) is 4. The quantitative estimate of drug-likeness (QED) is 0.494. The molecular weight excluding hydrogens is 304 g/mol. The zero-order valence-corrected chi connectivity index (χ0v) is 14.1. The van der Waals surface area contributed by atoms with Crippen LogP contribution in [0.15, 0.2) is 40.9 Å². The van der Waals surface area contributed by atoms with Gasteiger partial charge in [0.15, 0.2) is 5.76 Å². The van der Waals surface area contributed by atoms with E-state index in [9.17, 15) is 10.1 Å². The Labute approximate surface area is 140 Å². The summed E-state index contributed by atoms with van der Waals surface area (Å²) in [6.45, 7) is 7.93. The van der Waals surface area contributed by atoms with E-state index in [4.69, 9.17) is 4.52 Å². The van der Waals surface area contributed by atoms with Crippen molar-refractivity contribution in [1.29, 1.82) is 0 Å². The van der Waals surface area contributed by atoms with Crippen LogP contribution < -0.4 is 0 Å². The molecule has 0 saturated heterocycles. The van der Waals surface area contributed by atoms with Crippen LogP contribution in [0.3, 0.4) is 0 Å². The van der Waals surface area contributed by atoms with Gasteiger partial charge in [-0.05, 0) is 44.4 Å². The predicted molar refractivity (Wildman–Crippen MR) is 93.0 cm³/mol. The van der Waals surface area contributed by atoms with E-state index in [-0.39, 0.29) is 5.69 Å². The average Bonchev–Trinajstić information content (AvgIpc) is 2.94. The number of rotatable bonds is 3. The van der Waals surface area contributed by atoms with Crippen LogP contribution in [0.1, 0.15) is 22.3 Å². The summed E-state index contributed by atoms with van der Waals surface area (Å²) in [6, 6.07) is 10.9. The van der Waals surface area contributed by atoms with E-state index >= 15 is 0 Å². The zero-order valence-electron chi connectivity index (χ0n) is 14.1. The molecule has 0 saturated carbocycles. The van der Waals surface area contributed by atoms with Crippen molar-refractivity contribution in [1.82, 2.24) is 5.16 Å². The molecule has 3 aromatic rings. The zero-order chi connectivity index (χ0) is 17.4. The number of hydrogen-bond donors (Lipinski definition) is 0. The number of aromatic nitrogens is 1. The van der Waals surface area contributed by atoms with E-state index in [0.717, 1.165) is 22.3 Å². The van der Waals surface area contributed by atoms with Gasteiger partial charge in [-0.1, -0.05) is 35.0 Å². The van der Waals surface area contributed by atoms with Gasteiger partial charge in [-0.25, -0.2) is 0 Å². The van der Waals surface area contributed by atoms with Crippen molar-refractivity contribution in [2.75, 3.05) is 0 Å². The molecule has 3 rings (SSSR count). The lowest BCUT2D eigenvalue weighted by molar-refractivity contribution is -0.384. The lowest BCUT2D eigenvalue weighted by atomic mass is 9.96. The molecule has 0 spiro atoms. The van der Waals surface area contributed by atoms with Crippen molar-refractivity contribution in [2.24, 2.45) is 0 Å². The lowest BCUT2D eigenvalue weighted by Crippen LogP contribution is -1.93. The van der Waals surface area contributed by atoms with Gasteiger partial charge in [0.05, 0.1) is 4.92 Å². The molecule has 24 heavy (non-hydrogen) atoms. The molecule has 0 aliphatic carbocycles. The molecule has 0 aliphatic rings. The molecule has 1 heterocycles. The molecule has 1 aromatic heterocycles. The third-order valence-electron chi connectivity index (χ3n) is 4.14. The molecular formula is C19H18N2O3. The fourth-order valence-electron chi connectivity index (χ4n) is 3.22. The molecule has 122 valence electrons. The number of nitro benzene ring substituents is 1. The van der Waals surface area contributed by atoms with Gasteiger partial charge in [-0.15, -0.1) is 0 Å². The standard InChI is InChI=1S/C19H18N2O3/c1-11-8-13(3)18(14(4)9-11)15-10-17(24-20-15)19-12(2)6-5-7-16(19)21(22)23/h5-10H,1-4H3. The Balaban J connectivity index is 2.16. The van der Waals surface area contributed by atoms with Gasteiger partial charge < -0.3 is 4.52 Å². The summed E-state index contributed by atoms with van der Waals surface area (Å²) in [5.41, 5.74) is 6.37. The second-order valence-corrected chi connectivity index (χ2v) is 6.08. The number of nitrogens with zero attached hydrogens (tertiary/aromatic N) is 2. The van der Waals surface area contributed by atoms with Gasteiger partial charge in [-0.3, -0.25) is 10.1 Å². The Kier molecular flexibility index (Phi) is 3.93. The maximum Gasteiger partial charge on any atom is 0.280 e. The first-order chi connectivity index (χ1) is 11.4. The minimum atomic E-state index is -0.396. The Hall–Kier alpha value is -2.95. The highest BCUT2D eigenvalue weighted by molar-refractivity contribution is 5.77. The van der Waals surface area contributed by atoms with Crippen molar-refractivity contribution in [2.45, 2.75) is 27.7 Å². The summed E-state index contributed by atoms with van der Waals surface area (Å²) in [5.74, 6) is 0.411. The summed E-state index contributed by atoms with van der Waals surface area (Å²) >= 11 is 0. The number of benzene rings is 2. The molecule has 0 amide bonds. The van der Waals surface area contributed by atoms with Crippen molar-refractivity contribution in [3.05, 3.63) is 68.8 Å². The van der Waals surface area contributed by atoms with Crippen LogP contribution in [0, 0.1) is 37.8 Å². The van der Waals surface area contributed by atoms with Crippen LogP contribution in [-0.2, 0) is 0 Å². The topological polar surface area (TPSA) is 69.2 Å². The highest BCUT2D eigenvalue weighted by Crippen LogP contribution is 2.36. The first-order valence-electron chi connectivity index (χ1n) is 7.68. The third-order valence-corrected chi connectivity index (χ3v) is 4.14. The average molecular weight is 322 g/mol. The van der Waals surface area contributed by atoms with E-state index in [1.165, 1.54) is 11.6 Å². The van der Waals surface area contributed by atoms with Crippen molar-refractivity contribution >= 4 is 5.69 Å². The SMILES string of the molecule is Cc1cc(C)c(-c2cc(-c3c(C)cccc3[N+](=O)[O-])on2)c(C)c1. The maximum atomic E-state index is 11.3. The van der Waals surface area contributed by atoms with E-state index < -0.39 is 4.92 Å². The Morgan fingerprint density at radius 3 is 2.25 bits per heavy atom. The van der Waals surface area contributed by atoms with Crippen molar-refractivity contribution in [3.63, 3.8) is 0 Å². The van der Waals surface area contributed by atoms with Gasteiger partial charge in [-0.2, -0.15) is 0 Å². The molecule has 0 N–H and O–H groups in total. The van der Waals surface area contributed by atoms with Crippen LogP contribution in [0.2, 0.25) is 0 Å². The Bertz CT molecular complexity index is 919. The van der Waals surface area contributed by atoms with Crippen LogP contribution in [0.4, 0.5) is 5.69 Å². The summed E-state index contributed by atoms with van der Waals surface area (Å²) in [7, 11) is 0. The smallest absolute Gasteiger partial charge is 0.280 e. The molecule has 2 aromatic carbocycles. The molecule has 0 unspecified atom stereocenters. The highest BCUT2D eigenvalue weighted by Gasteiger charge is 2.22. The molecule has 5 nitrogen and oxygen atoms in total. The van der Waals surface area contributed by atoms with Gasteiger partial charge in [0.2, 0.25) is 0 Å². The van der Waals surface area contributed by atoms with Gasteiger partial charge in [0.25, 0.3) is 5.69 Å². The minimum absolute atomic E-state index is 0.0232. The third kappa shape index (κ3) is 2.69. The Morgan fingerprint density at radius 1 is 0.958 bits per heavy atom. The largest absolute Gasteiger partial charge is 0.355 e. The van der Waals surface area contributed by atoms with E-state index in [1.807, 2.05) is 26.8 Å². The van der Waals surface area contributed by atoms with Crippen LogP contribution >= 0.6 is 0 Å². The fourth-order valence-corrected chi connectivity index (χ4v) is 3.22. The normalized spacial score (nSPS) is 10.8. The summed E-state index contributed by atoms with van der Waals surface area (Å²) in [5, 5.41) is 15.5. The maximum absolute atomic E-state index is 11.3. The number of aryl methyl sites for hydroxylation is 4. The Morgan fingerprint density at radius 2 is 1.62 bits per heavy atom. The van der Waals surface area contributed by atoms with Crippen molar-refractivity contribution < 1.29 is 9.45 Å². The highest BCUT2D eigenvalue weighted by atomic mass is 16.6. The summed E-state index contributed by atoms with van der Waals surface area (Å²) < 4.78 is 5.46. The first-order valence-corrected chi connectivity index (χ1v) is 7.68. The molecule has 0 bridgehead atoms. The molecule has 0 radical (unpaired) electrons. The van der Waals surface area contributed by atoms with Crippen LogP contribution in [0.5, 0.6) is 0 Å². The van der Waals surface area contributed by atoms with E-state index in [1.54, 1.807) is 12.1 Å². The van der Waals surface area contributed by atoms with Crippen LogP contribution in [0.25, 0.3) is 22.6 Å². The van der Waals surface area contributed by atoms with E-state index in [2.05, 4.69) is 24.2 Å².